The highest BCUT2D eigenvalue weighted by Crippen LogP contribution is 2.25. The topological polar surface area (TPSA) is 59.9 Å². The second-order valence-electron chi connectivity index (χ2n) is 4.08. The molecule has 0 amide bonds. The Hall–Kier alpha value is -2.21. The van der Waals surface area contributed by atoms with Crippen LogP contribution in [-0.4, -0.2) is 22.1 Å². The maximum Gasteiger partial charge on any atom is 0.215 e. The number of rotatable bonds is 3. The fraction of sp³-hybridized carbons (Fsp3) is 0.0714. The summed E-state index contributed by atoms with van der Waals surface area (Å²) in [5.41, 5.74) is 1.53. The molecule has 0 bridgehead atoms. The molecule has 0 aliphatic heterocycles. The first-order chi connectivity index (χ1) is 9.76. The Morgan fingerprint density at radius 2 is 2.05 bits per heavy atom. The molecule has 0 spiro atoms. The fourth-order valence-electron chi connectivity index (χ4n) is 1.84. The van der Waals surface area contributed by atoms with Crippen LogP contribution < -0.4 is 10.1 Å². The van der Waals surface area contributed by atoms with Crippen molar-refractivity contribution in [3.63, 3.8) is 0 Å². The lowest BCUT2D eigenvalue weighted by molar-refractivity contribution is 0.399. The minimum Gasteiger partial charge on any atom is -0.481 e. The van der Waals surface area contributed by atoms with E-state index in [4.69, 9.17) is 4.74 Å². The Kier molecular flexibility index (Phi) is 3.47. The van der Waals surface area contributed by atoms with Crippen molar-refractivity contribution in [3.8, 4) is 5.88 Å². The summed E-state index contributed by atoms with van der Waals surface area (Å²) in [6.45, 7) is 0. The highest BCUT2D eigenvalue weighted by molar-refractivity contribution is 9.10. The summed E-state index contributed by atoms with van der Waals surface area (Å²) in [5, 5.41) is 4.10. The molecule has 0 saturated heterocycles. The molecule has 0 fully saturated rings. The van der Waals surface area contributed by atoms with Crippen molar-refractivity contribution < 1.29 is 4.74 Å². The van der Waals surface area contributed by atoms with E-state index in [0.717, 1.165) is 15.5 Å². The summed E-state index contributed by atoms with van der Waals surface area (Å²) in [7, 11) is 1.58. The molecule has 0 atom stereocenters. The van der Waals surface area contributed by atoms with Crippen LogP contribution in [0.1, 0.15) is 0 Å². The van der Waals surface area contributed by atoms with Crippen molar-refractivity contribution in [2.24, 2.45) is 0 Å². The van der Waals surface area contributed by atoms with Gasteiger partial charge in [0.25, 0.3) is 0 Å². The molecule has 0 aliphatic rings. The van der Waals surface area contributed by atoms with Crippen molar-refractivity contribution >= 4 is 38.5 Å². The molecule has 0 aliphatic carbocycles. The molecule has 5 nitrogen and oxygen atoms in total. The second kappa shape index (κ2) is 5.42. The van der Waals surface area contributed by atoms with Crippen LogP contribution in [0.3, 0.4) is 0 Å². The zero-order valence-electron chi connectivity index (χ0n) is 10.7. The van der Waals surface area contributed by atoms with Crippen molar-refractivity contribution in [1.29, 1.82) is 0 Å². The number of nitrogens with zero attached hydrogens (tertiary/aromatic N) is 3. The van der Waals surface area contributed by atoms with Crippen LogP contribution in [-0.2, 0) is 0 Å². The third-order valence-corrected chi connectivity index (χ3v) is 3.26. The zero-order valence-corrected chi connectivity index (χ0v) is 12.3. The summed E-state index contributed by atoms with van der Waals surface area (Å²) in [5.74, 6) is 1.24. The maximum atomic E-state index is 5.10. The Morgan fingerprint density at radius 1 is 1.15 bits per heavy atom. The predicted octanol–water partition coefficient (Wildman–Crippen LogP) is 3.54. The number of nitrogens with one attached hydrogen (secondary N) is 1. The third-order valence-electron chi connectivity index (χ3n) is 2.77. The van der Waals surface area contributed by atoms with E-state index in [1.54, 1.807) is 13.2 Å². The van der Waals surface area contributed by atoms with E-state index < -0.39 is 0 Å². The second-order valence-corrected chi connectivity index (χ2v) is 5.00. The number of pyridine rings is 1. The number of fused-ring (bicyclic) bond motifs is 1. The predicted molar refractivity (Wildman–Crippen MR) is 81.3 cm³/mol. The Morgan fingerprint density at radius 3 is 2.85 bits per heavy atom. The average Bonchev–Trinajstić information content (AvgIpc) is 2.47. The minimum atomic E-state index is 0.532. The summed E-state index contributed by atoms with van der Waals surface area (Å²) in [6, 6.07) is 11.5. The first-order valence-corrected chi connectivity index (χ1v) is 6.74. The number of hydrogen-bond donors (Lipinski definition) is 1. The van der Waals surface area contributed by atoms with Gasteiger partial charge in [0.2, 0.25) is 5.88 Å². The number of aromatic nitrogens is 3. The molecule has 0 unspecified atom stereocenters. The first kappa shape index (κ1) is 12.8. The molecular formula is C14H11BrN4O. The fourth-order valence-corrected chi connectivity index (χ4v) is 2.24. The van der Waals surface area contributed by atoms with Gasteiger partial charge in [0.15, 0.2) is 5.65 Å². The quantitative estimate of drug-likeness (QED) is 0.795. The summed E-state index contributed by atoms with van der Waals surface area (Å²) < 4.78 is 6.10. The number of ether oxygens (including phenoxy) is 1. The number of benzene rings is 1. The van der Waals surface area contributed by atoms with E-state index in [1.807, 2.05) is 30.3 Å². The molecule has 0 saturated carbocycles. The van der Waals surface area contributed by atoms with Crippen LogP contribution in [0.15, 0.2) is 47.2 Å². The normalized spacial score (nSPS) is 10.5. The molecule has 1 aromatic carbocycles. The van der Waals surface area contributed by atoms with Gasteiger partial charge in [-0.05, 0) is 24.3 Å². The lowest BCUT2D eigenvalue weighted by Crippen LogP contribution is -1.98. The van der Waals surface area contributed by atoms with E-state index in [2.05, 4.69) is 36.2 Å². The molecule has 0 radical (unpaired) electrons. The van der Waals surface area contributed by atoms with Crippen LogP contribution in [0.25, 0.3) is 11.0 Å². The van der Waals surface area contributed by atoms with Gasteiger partial charge in [0.05, 0.1) is 12.5 Å². The molecular weight excluding hydrogens is 320 g/mol. The summed E-state index contributed by atoms with van der Waals surface area (Å²) in [6.07, 6.45) is 1.48. The lowest BCUT2D eigenvalue weighted by Gasteiger charge is -2.08. The zero-order chi connectivity index (χ0) is 13.9. The maximum absolute atomic E-state index is 5.10. The monoisotopic (exact) mass is 330 g/mol. The summed E-state index contributed by atoms with van der Waals surface area (Å²) >= 11 is 3.44. The number of hydrogen-bond acceptors (Lipinski definition) is 5. The molecule has 100 valence electrons. The van der Waals surface area contributed by atoms with Gasteiger partial charge >= 0.3 is 0 Å². The molecule has 3 rings (SSSR count). The Bertz CT molecular complexity index is 763. The van der Waals surface area contributed by atoms with Gasteiger partial charge in [-0.1, -0.05) is 22.0 Å². The third kappa shape index (κ3) is 2.55. The van der Waals surface area contributed by atoms with Gasteiger partial charge in [-0.3, -0.25) is 0 Å². The first-order valence-electron chi connectivity index (χ1n) is 5.94. The van der Waals surface area contributed by atoms with E-state index in [1.165, 1.54) is 6.33 Å². The van der Waals surface area contributed by atoms with E-state index in [-0.39, 0.29) is 0 Å². The largest absolute Gasteiger partial charge is 0.481 e. The van der Waals surface area contributed by atoms with Gasteiger partial charge in [-0.25, -0.2) is 9.97 Å². The smallest absolute Gasteiger partial charge is 0.215 e. The van der Waals surface area contributed by atoms with Crippen LogP contribution >= 0.6 is 15.9 Å². The number of halogens is 1. The van der Waals surface area contributed by atoms with Crippen LogP contribution in [0.4, 0.5) is 11.5 Å². The van der Waals surface area contributed by atoms with Crippen LogP contribution in [0.2, 0.25) is 0 Å². The molecule has 1 N–H and O–H groups in total. The van der Waals surface area contributed by atoms with Crippen molar-refractivity contribution in [3.05, 3.63) is 47.2 Å². The lowest BCUT2D eigenvalue weighted by atomic mass is 10.3. The van der Waals surface area contributed by atoms with Gasteiger partial charge in [-0.2, -0.15) is 4.98 Å². The van der Waals surface area contributed by atoms with Crippen molar-refractivity contribution in [2.45, 2.75) is 0 Å². The van der Waals surface area contributed by atoms with Gasteiger partial charge < -0.3 is 10.1 Å². The highest BCUT2D eigenvalue weighted by Gasteiger charge is 2.06. The van der Waals surface area contributed by atoms with E-state index in [9.17, 15) is 0 Å². The average molecular weight is 331 g/mol. The molecule has 2 heterocycles. The number of methoxy groups -OCH3 is 1. The van der Waals surface area contributed by atoms with E-state index >= 15 is 0 Å². The van der Waals surface area contributed by atoms with Gasteiger partial charge in [-0.15, -0.1) is 0 Å². The van der Waals surface area contributed by atoms with Gasteiger partial charge in [0, 0.05) is 16.2 Å². The van der Waals surface area contributed by atoms with Crippen molar-refractivity contribution in [1.82, 2.24) is 15.0 Å². The Balaban J connectivity index is 2.03. The molecule has 6 heteroatoms. The molecule has 2 aromatic heterocycles. The Labute approximate surface area is 124 Å². The van der Waals surface area contributed by atoms with Crippen molar-refractivity contribution in [2.75, 3.05) is 12.4 Å². The minimum absolute atomic E-state index is 0.532. The highest BCUT2D eigenvalue weighted by atomic mass is 79.9. The van der Waals surface area contributed by atoms with E-state index in [0.29, 0.717) is 17.3 Å². The SMILES string of the molecule is COc1ccc2c(Nc3cccc(Br)c3)ncnc2n1. The summed E-state index contributed by atoms with van der Waals surface area (Å²) in [4.78, 5) is 12.7. The van der Waals surface area contributed by atoms with Crippen LogP contribution in [0, 0.1) is 0 Å². The van der Waals surface area contributed by atoms with Crippen LogP contribution in [0.5, 0.6) is 5.88 Å². The molecule has 3 aromatic rings. The molecule has 20 heavy (non-hydrogen) atoms. The van der Waals surface area contributed by atoms with Gasteiger partial charge in [0.1, 0.15) is 12.1 Å². The number of anilines is 2. The standard InChI is InChI=1S/C14H11BrN4O/c1-20-12-6-5-11-13(16-8-17-14(11)19-12)18-10-4-2-3-9(15)7-10/h2-8H,1H3,(H,16,17,18,19).